The van der Waals surface area contributed by atoms with Gasteiger partial charge in [-0.25, -0.2) is 0 Å². The van der Waals surface area contributed by atoms with Crippen LogP contribution in [0.2, 0.25) is 0 Å². The van der Waals surface area contributed by atoms with Crippen molar-refractivity contribution in [1.82, 2.24) is 4.90 Å². The molecule has 2 aromatic rings. The fraction of sp³-hybridized carbons (Fsp3) is 0.435. The first-order valence-corrected chi connectivity index (χ1v) is 9.87. The Balaban J connectivity index is 1.46. The first-order valence-electron chi connectivity index (χ1n) is 9.87. The first kappa shape index (κ1) is 17.3. The Labute approximate surface area is 156 Å². The molecule has 1 saturated heterocycles. The second kappa shape index (κ2) is 7.63. The Kier molecular flexibility index (Phi) is 5.07. The number of nitrogens with two attached hydrogens (primary N) is 1. The number of fused-ring (bicyclic) bond motifs is 1. The van der Waals surface area contributed by atoms with Gasteiger partial charge in [0.15, 0.2) is 0 Å². The molecule has 2 aromatic carbocycles. The number of likely N-dealkylation sites (tertiary alicyclic amines) is 1. The summed E-state index contributed by atoms with van der Waals surface area (Å²) in [5.41, 5.74) is 10.2. The zero-order chi connectivity index (χ0) is 17.9. The fourth-order valence-corrected chi connectivity index (χ4v) is 4.80. The molecule has 1 aliphatic carbocycles. The first-order chi connectivity index (χ1) is 12.8. The van der Waals surface area contributed by atoms with Crippen molar-refractivity contribution in [3.63, 3.8) is 0 Å². The molecule has 1 unspecified atom stereocenters. The summed E-state index contributed by atoms with van der Waals surface area (Å²) in [5, 5.41) is 0. The normalized spacial score (nSPS) is 25.1. The minimum atomic E-state index is 0.295. The van der Waals surface area contributed by atoms with Gasteiger partial charge in [0, 0.05) is 25.4 Å². The molecule has 0 bridgehead atoms. The maximum Gasteiger partial charge on any atom is 0.223 e. The lowest BCUT2D eigenvalue weighted by molar-refractivity contribution is -0.130. The van der Waals surface area contributed by atoms with Gasteiger partial charge in [-0.15, -0.1) is 0 Å². The highest BCUT2D eigenvalue weighted by Crippen LogP contribution is 2.36. The molecule has 3 nitrogen and oxygen atoms in total. The Morgan fingerprint density at radius 2 is 1.81 bits per heavy atom. The van der Waals surface area contributed by atoms with Crippen molar-refractivity contribution in [3.05, 3.63) is 71.3 Å². The number of carbonyl (C=O) groups excluding carboxylic acids is 1. The van der Waals surface area contributed by atoms with Crippen LogP contribution in [0.3, 0.4) is 0 Å². The van der Waals surface area contributed by atoms with Crippen LogP contribution in [-0.2, 0) is 11.2 Å². The molecule has 1 fully saturated rings. The molecule has 1 heterocycles. The molecular weight excluding hydrogens is 320 g/mol. The van der Waals surface area contributed by atoms with Gasteiger partial charge in [0.25, 0.3) is 0 Å². The van der Waals surface area contributed by atoms with Crippen LogP contribution < -0.4 is 5.73 Å². The number of nitrogens with zero attached hydrogens (tertiary/aromatic N) is 1. The quantitative estimate of drug-likeness (QED) is 0.916. The van der Waals surface area contributed by atoms with Crippen molar-refractivity contribution >= 4 is 5.91 Å². The molecule has 4 rings (SSSR count). The smallest absolute Gasteiger partial charge is 0.223 e. The number of aryl methyl sites for hydroxylation is 1. The molecule has 0 aromatic heterocycles. The van der Waals surface area contributed by atoms with E-state index in [9.17, 15) is 4.79 Å². The van der Waals surface area contributed by atoms with Crippen LogP contribution in [0.1, 0.15) is 47.8 Å². The molecule has 0 radical (unpaired) electrons. The molecule has 2 aliphatic rings. The largest absolute Gasteiger partial charge is 0.342 e. The van der Waals surface area contributed by atoms with Crippen molar-refractivity contribution in [2.75, 3.05) is 19.6 Å². The van der Waals surface area contributed by atoms with E-state index >= 15 is 0 Å². The van der Waals surface area contributed by atoms with Crippen LogP contribution in [0.4, 0.5) is 0 Å². The summed E-state index contributed by atoms with van der Waals surface area (Å²) < 4.78 is 0. The summed E-state index contributed by atoms with van der Waals surface area (Å²) in [4.78, 5) is 15.1. The fourth-order valence-electron chi connectivity index (χ4n) is 4.80. The molecule has 0 saturated carbocycles. The van der Waals surface area contributed by atoms with Crippen molar-refractivity contribution in [3.8, 4) is 0 Å². The number of benzene rings is 2. The van der Waals surface area contributed by atoms with Gasteiger partial charge < -0.3 is 10.6 Å². The molecule has 2 N–H and O–H groups in total. The summed E-state index contributed by atoms with van der Waals surface area (Å²) in [6, 6.07) is 19.2. The highest BCUT2D eigenvalue weighted by molar-refractivity contribution is 5.77. The van der Waals surface area contributed by atoms with E-state index in [0.717, 1.165) is 25.9 Å². The third-order valence-corrected chi connectivity index (χ3v) is 6.24. The van der Waals surface area contributed by atoms with E-state index in [-0.39, 0.29) is 0 Å². The lowest BCUT2D eigenvalue weighted by atomic mass is 9.81. The van der Waals surface area contributed by atoms with E-state index in [1.807, 2.05) is 6.07 Å². The van der Waals surface area contributed by atoms with E-state index in [0.29, 0.717) is 36.6 Å². The summed E-state index contributed by atoms with van der Waals surface area (Å²) >= 11 is 0. The SMILES string of the molecule is NC[C@@H]1CN(C(=O)CC2CCCc3ccccc32)C[C@H]1c1ccccc1. The van der Waals surface area contributed by atoms with E-state index < -0.39 is 0 Å². The van der Waals surface area contributed by atoms with Gasteiger partial charge in [-0.05, 0) is 54.3 Å². The van der Waals surface area contributed by atoms with Crippen LogP contribution in [0.15, 0.2) is 54.6 Å². The van der Waals surface area contributed by atoms with Crippen LogP contribution >= 0.6 is 0 Å². The molecule has 26 heavy (non-hydrogen) atoms. The summed E-state index contributed by atoms with van der Waals surface area (Å²) in [6.45, 7) is 2.23. The Morgan fingerprint density at radius 3 is 2.62 bits per heavy atom. The van der Waals surface area contributed by atoms with Crippen molar-refractivity contribution in [2.45, 2.75) is 37.5 Å². The maximum atomic E-state index is 13.0. The van der Waals surface area contributed by atoms with Gasteiger partial charge in [-0.2, -0.15) is 0 Å². The van der Waals surface area contributed by atoms with Gasteiger partial charge in [-0.1, -0.05) is 54.6 Å². The lowest BCUT2D eigenvalue weighted by Crippen LogP contribution is -2.31. The van der Waals surface area contributed by atoms with Gasteiger partial charge in [0.1, 0.15) is 0 Å². The topological polar surface area (TPSA) is 46.3 Å². The zero-order valence-corrected chi connectivity index (χ0v) is 15.3. The number of amides is 1. The van der Waals surface area contributed by atoms with Gasteiger partial charge in [0.2, 0.25) is 5.91 Å². The molecule has 1 aliphatic heterocycles. The van der Waals surface area contributed by atoms with E-state index in [2.05, 4.69) is 53.4 Å². The summed E-state index contributed by atoms with van der Waals surface area (Å²) in [7, 11) is 0. The standard InChI is InChI=1S/C23H28N2O/c24-14-20-15-25(16-22(20)18-7-2-1-3-8-18)23(26)13-19-11-6-10-17-9-4-5-12-21(17)19/h1-5,7-9,12,19-20,22H,6,10-11,13-16,24H2/t19?,20-,22+/m1/s1. The second-order valence-corrected chi connectivity index (χ2v) is 7.80. The van der Waals surface area contributed by atoms with Gasteiger partial charge >= 0.3 is 0 Å². The number of carbonyl (C=O) groups is 1. The van der Waals surface area contributed by atoms with Crippen LogP contribution in [-0.4, -0.2) is 30.4 Å². The third-order valence-electron chi connectivity index (χ3n) is 6.24. The minimum absolute atomic E-state index is 0.295. The predicted octanol–water partition coefficient (Wildman–Crippen LogP) is 3.70. The molecule has 0 spiro atoms. The molecule has 136 valence electrons. The summed E-state index contributed by atoms with van der Waals surface area (Å²) in [5.74, 6) is 1.40. The van der Waals surface area contributed by atoms with Crippen molar-refractivity contribution in [2.24, 2.45) is 11.7 Å². The Bertz CT molecular complexity index is 758. The van der Waals surface area contributed by atoms with E-state index in [1.165, 1.54) is 23.1 Å². The number of hydrogen-bond donors (Lipinski definition) is 1. The number of rotatable bonds is 4. The predicted molar refractivity (Wildman–Crippen MR) is 105 cm³/mol. The number of hydrogen-bond acceptors (Lipinski definition) is 2. The average Bonchev–Trinajstić information content (AvgIpc) is 3.14. The van der Waals surface area contributed by atoms with E-state index in [1.54, 1.807) is 0 Å². The average molecular weight is 348 g/mol. The Hall–Kier alpha value is -2.13. The van der Waals surface area contributed by atoms with Crippen molar-refractivity contribution in [1.29, 1.82) is 0 Å². The maximum absolute atomic E-state index is 13.0. The molecule has 1 amide bonds. The van der Waals surface area contributed by atoms with Crippen LogP contribution in [0.25, 0.3) is 0 Å². The monoisotopic (exact) mass is 348 g/mol. The van der Waals surface area contributed by atoms with Crippen molar-refractivity contribution < 1.29 is 4.79 Å². The highest BCUT2D eigenvalue weighted by atomic mass is 16.2. The Morgan fingerprint density at radius 1 is 1.04 bits per heavy atom. The highest BCUT2D eigenvalue weighted by Gasteiger charge is 2.36. The van der Waals surface area contributed by atoms with Crippen LogP contribution in [0.5, 0.6) is 0 Å². The van der Waals surface area contributed by atoms with Crippen LogP contribution in [0, 0.1) is 5.92 Å². The van der Waals surface area contributed by atoms with Gasteiger partial charge in [-0.3, -0.25) is 4.79 Å². The van der Waals surface area contributed by atoms with E-state index in [4.69, 9.17) is 5.73 Å². The van der Waals surface area contributed by atoms with Gasteiger partial charge in [0.05, 0.1) is 0 Å². The zero-order valence-electron chi connectivity index (χ0n) is 15.3. The third kappa shape index (κ3) is 3.41. The minimum Gasteiger partial charge on any atom is -0.342 e. The molecular formula is C23H28N2O. The summed E-state index contributed by atoms with van der Waals surface area (Å²) in [6.07, 6.45) is 4.10. The second-order valence-electron chi connectivity index (χ2n) is 7.80. The molecule has 3 atom stereocenters. The lowest BCUT2D eigenvalue weighted by Gasteiger charge is -2.27. The molecule has 3 heteroatoms.